The molecule has 23 heavy (non-hydrogen) atoms. The Bertz CT molecular complexity index is 724. The highest BCUT2D eigenvalue weighted by atomic mass is 32.1. The Labute approximate surface area is 137 Å². The Morgan fingerprint density at radius 2 is 2.04 bits per heavy atom. The Balaban J connectivity index is 1.73. The van der Waals surface area contributed by atoms with Crippen molar-refractivity contribution in [1.82, 2.24) is 9.88 Å². The van der Waals surface area contributed by atoms with Crippen LogP contribution in [0.5, 0.6) is 0 Å². The lowest BCUT2D eigenvalue weighted by Crippen LogP contribution is -2.48. The molecule has 1 aliphatic rings. The zero-order valence-electron chi connectivity index (χ0n) is 12.6. The summed E-state index contributed by atoms with van der Waals surface area (Å²) in [5.74, 6) is -0.148. The zero-order chi connectivity index (χ0) is 16.4. The van der Waals surface area contributed by atoms with Crippen LogP contribution in [0.3, 0.4) is 0 Å². The van der Waals surface area contributed by atoms with Crippen LogP contribution in [0.1, 0.15) is 15.9 Å². The molecular weight excluding hydrogens is 316 g/mol. The molecule has 1 aromatic heterocycles. The van der Waals surface area contributed by atoms with Crippen LogP contribution in [-0.4, -0.2) is 46.9 Å². The second kappa shape index (κ2) is 6.33. The zero-order valence-corrected chi connectivity index (χ0v) is 13.5. The van der Waals surface area contributed by atoms with Crippen LogP contribution in [0.15, 0.2) is 29.8 Å². The van der Waals surface area contributed by atoms with Crippen molar-refractivity contribution in [2.75, 3.05) is 31.1 Å². The predicted molar refractivity (Wildman–Crippen MR) is 88.1 cm³/mol. The summed E-state index contributed by atoms with van der Waals surface area (Å²) in [5.41, 5.74) is 0.809. The van der Waals surface area contributed by atoms with E-state index < -0.39 is 4.92 Å². The quantitative estimate of drug-likeness (QED) is 0.636. The molecule has 0 N–H and O–H groups in total. The predicted octanol–water partition coefficient (Wildman–Crippen LogP) is 2.32. The Kier molecular flexibility index (Phi) is 4.24. The van der Waals surface area contributed by atoms with E-state index in [1.54, 1.807) is 41.5 Å². The number of carbonyl (C=O) groups excluding carboxylic acids is 1. The lowest BCUT2D eigenvalue weighted by Gasteiger charge is -2.34. The molecule has 2 heterocycles. The van der Waals surface area contributed by atoms with Gasteiger partial charge in [0.25, 0.3) is 11.6 Å². The van der Waals surface area contributed by atoms with Gasteiger partial charge < -0.3 is 9.80 Å². The van der Waals surface area contributed by atoms with Gasteiger partial charge >= 0.3 is 0 Å². The van der Waals surface area contributed by atoms with Gasteiger partial charge in [-0.25, -0.2) is 4.98 Å². The van der Waals surface area contributed by atoms with Crippen LogP contribution in [0.4, 0.5) is 10.8 Å². The highest BCUT2D eigenvalue weighted by Crippen LogP contribution is 2.24. The standard InChI is InChI=1S/C15H16N4O3S/c1-11-12(3-2-4-13(11)19(21)22)14(20)17-6-8-18(9-7-17)15-16-5-10-23-15/h2-5,10H,6-9H2,1H3. The Morgan fingerprint density at radius 1 is 1.30 bits per heavy atom. The summed E-state index contributed by atoms with van der Waals surface area (Å²) in [6.07, 6.45) is 1.77. The number of rotatable bonds is 3. The number of nitro benzene ring substituents is 1. The van der Waals surface area contributed by atoms with E-state index in [-0.39, 0.29) is 11.6 Å². The molecule has 0 radical (unpaired) electrons. The van der Waals surface area contributed by atoms with Gasteiger partial charge in [-0.2, -0.15) is 0 Å². The van der Waals surface area contributed by atoms with E-state index >= 15 is 0 Å². The van der Waals surface area contributed by atoms with Crippen molar-refractivity contribution in [3.8, 4) is 0 Å². The molecule has 8 heteroatoms. The summed E-state index contributed by atoms with van der Waals surface area (Å²) in [6.45, 7) is 4.22. The third kappa shape index (κ3) is 3.02. The van der Waals surface area contributed by atoms with E-state index in [4.69, 9.17) is 0 Å². The first-order chi connectivity index (χ1) is 11.1. The summed E-state index contributed by atoms with van der Waals surface area (Å²) in [7, 11) is 0. The van der Waals surface area contributed by atoms with Crippen molar-refractivity contribution < 1.29 is 9.72 Å². The number of anilines is 1. The minimum Gasteiger partial charge on any atom is -0.345 e. The summed E-state index contributed by atoms with van der Waals surface area (Å²) >= 11 is 1.58. The number of hydrogen-bond acceptors (Lipinski definition) is 6. The molecule has 3 rings (SSSR count). The van der Waals surface area contributed by atoms with Crippen molar-refractivity contribution >= 4 is 28.1 Å². The van der Waals surface area contributed by atoms with Crippen molar-refractivity contribution in [3.63, 3.8) is 0 Å². The van der Waals surface area contributed by atoms with Crippen LogP contribution in [0, 0.1) is 17.0 Å². The highest BCUT2D eigenvalue weighted by molar-refractivity contribution is 7.13. The van der Waals surface area contributed by atoms with Gasteiger partial charge in [-0.05, 0) is 13.0 Å². The molecule has 0 unspecified atom stereocenters. The number of thiazole rings is 1. The maximum atomic E-state index is 12.7. The first kappa shape index (κ1) is 15.4. The van der Waals surface area contributed by atoms with Crippen LogP contribution in [0.25, 0.3) is 0 Å². The molecule has 0 aliphatic carbocycles. The molecule has 0 atom stereocenters. The molecule has 7 nitrogen and oxygen atoms in total. The van der Waals surface area contributed by atoms with E-state index in [0.29, 0.717) is 37.3 Å². The van der Waals surface area contributed by atoms with Gasteiger partial charge in [0, 0.05) is 54.9 Å². The first-order valence-corrected chi connectivity index (χ1v) is 8.13. The first-order valence-electron chi connectivity index (χ1n) is 7.25. The topological polar surface area (TPSA) is 79.6 Å². The lowest BCUT2D eigenvalue weighted by atomic mass is 10.1. The fourth-order valence-corrected chi connectivity index (χ4v) is 3.39. The van der Waals surface area contributed by atoms with E-state index in [1.807, 2.05) is 5.38 Å². The average Bonchev–Trinajstić information content (AvgIpc) is 3.09. The Morgan fingerprint density at radius 3 is 2.65 bits per heavy atom. The molecule has 0 saturated carbocycles. The van der Waals surface area contributed by atoms with Gasteiger partial charge in [-0.1, -0.05) is 6.07 Å². The largest absolute Gasteiger partial charge is 0.345 e. The van der Waals surface area contributed by atoms with E-state index in [0.717, 1.165) is 5.13 Å². The number of hydrogen-bond donors (Lipinski definition) is 0. The number of piperazine rings is 1. The van der Waals surface area contributed by atoms with Gasteiger partial charge in [0.2, 0.25) is 0 Å². The van der Waals surface area contributed by atoms with Crippen molar-refractivity contribution in [2.24, 2.45) is 0 Å². The summed E-state index contributed by atoms with van der Waals surface area (Å²) in [5, 5.41) is 13.9. The molecule has 0 bridgehead atoms. The van der Waals surface area contributed by atoms with Gasteiger partial charge in [-0.3, -0.25) is 14.9 Å². The molecule has 120 valence electrons. The van der Waals surface area contributed by atoms with Crippen LogP contribution in [0.2, 0.25) is 0 Å². The molecule has 1 amide bonds. The lowest BCUT2D eigenvalue weighted by molar-refractivity contribution is -0.385. The Hall–Kier alpha value is -2.48. The third-order valence-electron chi connectivity index (χ3n) is 3.99. The normalized spacial score (nSPS) is 14.8. The number of aromatic nitrogens is 1. The van der Waals surface area contributed by atoms with Gasteiger partial charge in [0.1, 0.15) is 0 Å². The summed E-state index contributed by atoms with van der Waals surface area (Å²) in [4.78, 5) is 31.4. The maximum absolute atomic E-state index is 12.7. The average molecular weight is 332 g/mol. The smallest absolute Gasteiger partial charge is 0.273 e. The number of carbonyl (C=O) groups is 1. The maximum Gasteiger partial charge on any atom is 0.273 e. The fraction of sp³-hybridized carbons (Fsp3) is 0.333. The third-order valence-corrected chi connectivity index (χ3v) is 4.82. The summed E-state index contributed by atoms with van der Waals surface area (Å²) in [6, 6.07) is 4.63. The van der Waals surface area contributed by atoms with Crippen LogP contribution < -0.4 is 4.90 Å². The molecular formula is C15H16N4O3S. The number of benzene rings is 1. The number of amides is 1. The van der Waals surface area contributed by atoms with E-state index in [1.165, 1.54) is 6.07 Å². The molecule has 1 aliphatic heterocycles. The minimum absolute atomic E-state index is 0.0164. The van der Waals surface area contributed by atoms with Crippen LogP contribution in [-0.2, 0) is 0 Å². The minimum atomic E-state index is -0.452. The van der Waals surface area contributed by atoms with E-state index in [9.17, 15) is 14.9 Å². The molecule has 0 spiro atoms. The number of nitro groups is 1. The van der Waals surface area contributed by atoms with E-state index in [2.05, 4.69) is 9.88 Å². The highest BCUT2D eigenvalue weighted by Gasteiger charge is 2.26. The van der Waals surface area contributed by atoms with Gasteiger partial charge in [0.05, 0.1) is 4.92 Å². The van der Waals surface area contributed by atoms with Crippen molar-refractivity contribution in [2.45, 2.75) is 6.92 Å². The monoisotopic (exact) mass is 332 g/mol. The van der Waals surface area contributed by atoms with Crippen molar-refractivity contribution in [3.05, 3.63) is 51.0 Å². The molecule has 1 fully saturated rings. The van der Waals surface area contributed by atoms with Crippen molar-refractivity contribution in [1.29, 1.82) is 0 Å². The second-order valence-corrected chi connectivity index (χ2v) is 6.17. The SMILES string of the molecule is Cc1c(C(=O)N2CCN(c3nccs3)CC2)cccc1[N+](=O)[O-]. The molecule has 2 aromatic rings. The van der Waals surface area contributed by atoms with Gasteiger partial charge in [0.15, 0.2) is 5.13 Å². The molecule has 1 aromatic carbocycles. The molecule has 1 saturated heterocycles. The fourth-order valence-electron chi connectivity index (χ4n) is 2.70. The van der Waals surface area contributed by atoms with Crippen LogP contribution >= 0.6 is 11.3 Å². The number of nitrogens with zero attached hydrogens (tertiary/aromatic N) is 4. The second-order valence-electron chi connectivity index (χ2n) is 5.30. The summed E-state index contributed by atoms with van der Waals surface area (Å²) < 4.78 is 0. The van der Waals surface area contributed by atoms with Gasteiger partial charge in [-0.15, -0.1) is 11.3 Å².